The lowest BCUT2D eigenvalue weighted by Crippen LogP contribution is -2.43. The number of pyridine rings is 1. The molecular weight excluding hydrogens is 406 g/mol. The second kappa shape index (κ2) is 10.0. The maximum Gasteiger partial charge on any atom is 0.280 e. The molecule has 1 fully saturated rings. The third kappa shape index (κ3) is 5.20. The van der Waals surface area contributed by atoms with Gasteiger partial charge in [0.2, 0.25) is 5.95 Å². The van der Waals surface area contributed by atoms with Gasteiger partial charge in [0.15, 0.2) is 0 Å². The number of fused-ring (bicyclic) bond motifs is 1. The lowest BCUT2D eigenvalue weighted by atomic mass is 10.2. The van der Waals surface area contributed by atoms with Crippen molar-refractivity contribution in [2.24, 2.45) is 0 Å². The lowest BCUT2D eigenvalue weighted by Gasteiger charge is -2.26. The van der Waals surface area contributed by atoms with Crippen molar-refractivity contribution in [2.45, 2.75) is 45.8 Å². The molecule has 0 bridgehead atoms. The van der Waals surface area contributed by atoms with Crippen molar-refractivity contribution in [1.29, 1.82) is 0 Å². The van der Waals surface area contributed by atoms with Gasteiger partial charge in [-0.1, -0.05) is 19.4 Å². The van der Waals surface area contributed by atoms with E-state index in [0.29, 0.717) is 23.3 Å². The van der Waals surface area contributed by atoms with Crippen molar-refractivity contribution < 1.29 is 0 Å². The Bertz CT molecular complexity index is 1110. The van der Waals surface area contributed by atoms with E-state index in [2.05, 4.69) is 49.4 Å². The normalized spacial score (nSPS) is 15.7. The SMILES string of the molecule is CCC[C@@H](C)Nc1nc(N)nc2cnn(Cc3ccc(CN4CCNCC4)nc3)c(=O)c12. The van der Waals surface area contributed by atoms with Crippen LogP contribution in [0.4, 0.5) is 11.8 Å². The Kier molecular flexibility index (Phi) is 6.91. The summed E-state index contributed by atoms with van der Waals surface area (Å²) in [4.78, 5) is 28.7. The highest BCUT2D eigenvalue weighted by atomic mass is 16.1. The highest BCUT2D eigenvalue weighted by Crippen LogP contribution is 2.19. The molecule has 170 valence electrons. The standard InChI is InChI=1S/C22H31N9O/c1-3-4-15(2)27-20-19-18(28-22(23)29-20)12-26-31(21(19)32)13-16-5-6-17(25-11-16)14-30-9-7-24-8-10-30/h5-6,11-12,15,24H,3-4,7-10,13-14H2,1-2H3,(H3,23,27,28,29)/t15-/m1/s1. The van der Waals surface area contributed by atoms with Crippen LogP contribution in [-0.4, -0.2) is 61.9 Å². The number of rotatable bonds is 8. The van der Waals surface area contributed by atoms with Crippen LogP contribution >= 0.6 is 0 Å². The van der Waals surface area contributed by atoms with Crippen LogP contribution in [0.1, 0.15) is 37.9 Å². The molecule has 32 heavy (non-hydrogen) atoms. The monoisotopic (exact) mass is 437 g/mol. The molecule has 0 aromatic carbocycles. The highest BCUT2D eigenvalue weighted by Gasteiger charge is 2.15. The number of nitrogens with two attached hydrogens (primary N) is 1. The third-order valence-corrected chi connectivity index (χ3v) is 5.64. The first kappa shape index (κ1) is 22.1. The van der Waals surface area contributed by atoms with E-state index in [1.807, 2.05) is 18.3 Å². The minimum atomic E-state index is -0.251. The fraction of sp³-hybridized carbons (Fsp3) is 0.500. The fourth-order valence-electron chi connectivity index (χ4n) is 3.98. The summed E-state index contributed by atoms with van der Waals surface area (Å²) < 4.78 is 1.42. The molecule has 0 amide bonds. The smallest absolute Gasteiger partial charge is 0.280 e. The van der Waals surface area contributed by atoms with Crippen LogP contribution in [0.15, 0.2) is 29.3 Å². The zero-order valence-corrected chi connectivity index (χ0v) is 18.7. The van der Waals surface area contributed by atoms with Crippen molar-refractivity contribution in [3.05, 3.63) is 46.1 Å². The second-order valence-corrected chi connectivity index (χ2v) is 8.32. The maximum absolute atomic E-state index is 13.2. The Hall–Kier alpha value is -3.11. The average molecular weight is 438 g/mol. The molecule has 1 aliphatic heterocycles. The van der Waals surface area contributed by atoms with Crippen LogP contribution in [0.5, 0.6) is 0 Å². The van der Waals surface area contributed by atoms with Gasteiger partial charge in [0, 0.05) is 45.0 Å². The zero-order chi connectivity index (χ0) is 22.5. The summed E-state index contributed by atoms with van der Waals surface area (Å²) in [6.45, 7) is 9.41. The first-order chi connectivity index (χ1) is 15.5. The average Bonchev–Trinajstić information content (AvgIpc) is 2.77. The molecule has 1 saturated heterocycles. The van der Waals surface area contributed by atoms with Gasteiger partial charge in [-0.25, -0.2) is 9.67 Å². The molecule has 3 aromatic heterocycles. The molecule has 4 N–H and O–H groups in total. The molecule has 3 aromatic rings. The van der Waals surface area contributed by atoms with Gasteiger partial charge in [-0.15, -0.1) is 0 Å². The molecule has 0 radical (unpaired) electrons. The van der Waals surface area contributed by atoms with Gasteiger partial charge < -0.3 is 16.4 Å². The summed E-state index contributed by atoms with van der Waals surface area (Å²) in [5, 5.41) is 11.4. The molecule has 0 spiro atoms. The van der Waals surface area contributed by atoms with E-state index < -0.39 is 0 Å². The van der Waals surface area contributed by atoms with Gasteiger partial charge in [-0.2, -0.15) is 10.1 Å². The van der Waals surface area contributed by atoms with Gasteiger partial charge in [-0.3, -0.25) is 14.7 Å². The van der Waals surface area contributed by atoms with Crippen LogP contribution < -0.4 is 21.9 Å². The predicted octanol–water partition coefficient (Wildman–Crippen LogP) is 1.22. The van der Waals surface area contributed by atoms with E-state index in [-0.39, 0.29) is 17.5 Å². The van der Waals surface area contributed by atoms with Crippen LogP contribution in [0, 0.1) is 0 Å². The molecule has 10 heteroatoms. The molecule has 1 aliphatic rings. The predicted molar refractivity (Wildman–Crippen MR) is 125 cm³/mol. The molecule has 0 aliphatic carbocycles. The number of nitrogens with one attached hydrogen (secondary N) is 2. The largest absolute Gasteiger partial charge is 0.368 e. The summed E-state index contributed by atoms with van der Waals surface area (Å²) >= 11 is 0. The highest BCUT2D eigenvalue weighted by molar-refractivity contribution is 5.88. The Balaban J connectivity index is 1.56. The van der Waals surface area contributed by atoms with Gasteiger partial charge >= 0.3 is 0 Å². The minimum Gasteiger partial charge on any atom is -0.368 e. The van der Waals surface area contributed by atoms with E-state index in [4.69, 9.17) is 5.73 Å². The number of nitrogen functional groups attached to an aromatic ring is 1. The quantitative estimate of drug-likeness (QED) is 0.476. The van der Waals surface area contributed by atoms with E-state index in [9.17, 15) is 4.79 Å². The van der Waals surface area contributed by atoms with Crippen molar-refractivity contribution in [3.8, 4) is 0 Å². The van der Waals surface area contributed by atoms with Crippen molar-refractivity contribution in [1.82, 2.24) is 34.9 Å². The fourth-order valence-corrected chi connectivity index (χ4v) is 3.98. The maximum atomic E-state index is 13.2. The first-order valence-electron chi connectivity index (χ1n) is 11.2. The van der Waals surface area contributed by atoms with Gasteiger partial charge in [0.1, 0.15) is 16.7 Å². The summed E-state index contributed by atoms with van der Waals surface area (Å²) in [6, 6.07) is 4.18. The first-order valence-corrected chi connectivity index (χ1v) is 11.2. The van der Waals surface area contributed by atoms with E-state index in [1.165, 1.54) is 4.68 Å². The Morgan fingerprint density at radius 1 is 1.19 bits per heavy atom. The van der Waals surface area contributed by atoms with Gasteiger partial charge in [0.05, 0.1) is 18.4 Å². The summed E-state index contributed by atoms with van der Waals surface area (Å²) in [5.41, 5.74) is 7.97. The van der Waals surface area contributed by atoms with Crippen molar-refractivity contribution in [3.63, 3.8) is 0 Å². The summed E-state index contributed by atoms with van der Waals surface area (Å²) in [6.07, 6.45) is 5.36. The number of nitrogens with zero attached hydrogens (tertiary/aromatic N) is 6. The van der Waals surface area contributed by atoms with E-state index >= 15 is 0 Å². The number of hydrogen-bond acceptors (Lipinski definition) is 9. The molecule has 4 rings (SSSR count). The Morgan fingerprint density at radius 3 is 2.72 bits per heavy atom. The van der Waals surface area contributed by atoms with Crippen LogP contribution in [0.3, 0.4) is 0 Å². The molecule has 1 atom stereocenters. The summed E-state index contributed by atoms with van der Waals surface area (Å²) in [5.74, 6) is 0.575. The van der Waals surface area contributed by atoms with Crippen LogP contribution in [0.25, 0.3) is 10.9 Å². The lowest BCUT2D eigenvalue weighted by molar-refractivity contribution is 0.230. The Labute approximate surface area is 187 Å². The molecule has 0 saturated carbocycles. The molecule has 4 heterocycles. The van der Waals surface area contributed by atoms with Crippen molar-refractivity contribution >= 4 is 22.7 Å². The number of piperazine rings is 1. The summed E-state index contributed by atoms with van der Waals surface area (Å²) in [7, 11) is 0. The van der Waals surface area contributed by atoms with E-state index in [1.54, 1.807) is 6.20 Å². The van der Waals surface area contributed by atoms with Crippen LogP contribution in [0.2, 0.25) is 0 Å². The molecular formula is C22H31N9O. The number of anilines is 2. The van der Waals surface area contributed by atoms with E-state index in [0.717, 1.165) is 56.8 Å². The number of hydrogen-bond donors (Lipinski definition) is 3. The van der Waals surface area contributed by atoms with Crippen LogP contribution in [-0.2, 0) is 13.1 Å². The molecule has 0 unspecified atom stereocenters. The Morgan fingerprint density at radius 2 is 2.00 bits per heavy atom. The minimum absolute atomic E-state index is 0.118. The topological polar surface area (TPSA) is 127 Å². The zero-order valence-electron chi connectivity index (χ0n) is 18.7. The number of aromatic nitrogens is 5. The molecule has 10 nitrogen and oxygen atoms in total. The van der Waals surface area contributed by atoms with Crippen molar-refractivity contribution in [2.75, 3.05) is 37.2 Å². The van der Waals surface area contributed by atoms with Gasteiger partial charge in [0.25, 0.3) is 5.56 Å². The third-order valence-electron chi connectivity index (χ3n) is 5.64. The van der Waals surface area contributed by atoms with Gasteiger partial charge in [-0.05, 0) is 25.0 Å². The second-order valence-electron chi connectivity index (χ2n) is 8.32.